The van der Waals surface area contributed by atoms with Gasteiger partial charge in [0.15, 0.2) is 5.11 Å². The fraction of sp³-hybridized carbons (Fsp3) is 0.286. The van der Waals surface area contributed by atoms with Crippen LogP contribution in [0.2, 0.25) is 0 Å². The van der Waals surface area contributed by atoms with Crippen LogP contribution in [0.5, 0.6) is 0 Å². The standard InChI is InChI=1S/C21H22FN3O2S/c1-2-23-21(28)24(13-12-15-6-4-3-5-7-15)18-14-19(26)25(20(18)27)17-10-8-16(22)9-11-17/h3-11,18H,2,12-14H2,1H3,(H,23,28)/t18-/m1/s1. The van der Waals surface area contributed by atoms with Crippen LogP contribution < -0.4 is 10.2 Å². The van der Waals surface area contributed by atoms with Gasteiger partial charge in [-0.1, -0.05) is 30.3 Å². The maximum absolute atomic E-state index is 13.2. The zero-order chi connectivity index (χ0) is 20.1. The molecule has 3 rings (SSSR count). The van der Waals surface area contributed by atoms with Crippen molar-refractivity contribution >= 4 is 34.8 Å². The Morgan fingerprint density at radius 1 is 1.18 bits per heavy atom. The molecule has 28 heavy (non-hydrogen) atoms. The Labute approximate surface area is 169 Å². The van der Waals surface area contributed by atoms with Gasteiger partial charge in [0.1, 0.15) is 11.9 Å². The van der Waals surface area contributed by atoms with E-state index in [0.29, 0.717) is 30.3 Å². The summed E-state index contributed by atoms with van der Waals surface area (Å²) in [7, 11) is 0. The number of carbonyl (C=O) groups is 2. The van der Waals surface area contributed by atoms with Crippen LogP contribution in [0.1, 0.15) is 18.9 Å². The molecule has 5 nitrogen and oxygen atoms in total. The van der Waals surface area contributed by atoms with Crippen LogP contribution in [-0.4, -0.2) is 41.0 Å². The number of benzene rings is 2. The fourth-order valence-electron chi connectivity index (χ4n) is 3.27. The molecular formula is C21H22FN3O2S. The zero-order valence-electron chi connectivity index (χ0n) is 15.6. The molecule has 0 aliphatic carbocycles. The number of carbonyl (C=O) groups excluding carboxylic acids is 2. The van der Waals surface area contributed by atoms with Crippen LogP contribution in [0.15, 0.2) is 54.6 Å². The third kappa shape index (κ3) is 4.36. The average molecular weight is 399 g/mol. The van der Waals surface area contributed by atoms with Gasteiger partial charge in [-0.2, -0.15) is 0 Å². The van der Waals surface area contributed by atoms with Crippen molar-refractivity contribution in [2.45, 2.75) is 25.8 Å². The second kappa shape index (κ2) is 8.93. The van der Waals surface area contributed by atoms with Gasteiger partial charge < -0.3 is 10.2 Å². The minimum atomic E-state index is -0.673. The third-order valence-corrected chi connectivity index (χ3v) is 5.04. The summed E-state index contributed by atoms with van der Waals surface area (Å²) in [6.07, 6.45) is 0.734. The fourth-order valence-corrected chi connectivity index (χ4v) is 3.63. The molecule has 2 aromatic rings. The highest BCUT2D eigenvalue weighted by Crippen LogP contribution is 2.26. The summed E-state index contributed by atoms with van der Waals surface area (Å²) in [6.45, 7) is 3.06. The number of halogens is 1. The molecule has 1 aliphatic rings. The maximum Gasteiger partial charge on any atom is 0.257 e. The molecule has 0 bridgehead atoms. The largest absolute Gasteiger partial charge is 0.363 e. The van der Waals surface area contributed by atoms with Crippen molar-refractivity contribution in [3.63, 3.8) is 0 Å². The summed E-state index contributed by atoms with van der Waals surface area (Å²) in [4.78, 5) is 28.5. The van der Waals surface area contributed by atoms with E-state index >= 15 is 0 Å². The van der Waals surface area contributed by atoms with Crippen LogP contribution in [0.4, 0.5) is 10.1 Å². The number of rotatable bonds is 6. The number of hydrogen-bond donors (Lipinski definition) is 1. The van der Waals surface area contributed by atoms with Crippen molar-refractivity contribution in [2.24, 2.45) is 0 Å². The van der Waals surface area contributed by atoms with Crippen LogP contribution in [-0.2, 0) is 16.0 Å². The van der Waals surface area contributed by atoms with Gasteiger partial charge in [-0.15, -0.1) is 0 Å². The predicted octanol–water partition coefficient (Wildman–Crippen LogP) is 2.90. The van der Waals surface area contributed by atoms with Crippen molar-refractivity contribution < 1.29 is 14.0 Å². The molecule has 2 aromatic carbocycles. The molecule has 1 N–H and O–H groups in total. The number of anilines is 1. The highest BCUT2D eigenvalue weighted by atomic mass is 32.1. The van der Waals surface area contributed by atoms with Gasteiger partial charge in [-0.3, -0.25) is 9.59 Å². The average Bonchev–Trinajstić information content (AvgIpc) is 2.98. The molecule has 1 aliphatic heterocycles. The maximum atomic E-state index is 13.2. The quantitative estimate of drug-likeness (QED) is 0.598. The van der Waals surface area contributed by atoms with E-state index < -0.39 is 11.9 Å². The Kier molecular flexibility index (Phi) is 6.36. The molecule has 146 valence electrons. The highest BCUT2D eigenvalue weighted by Gasteiger charge is 2.43. The lowest BCUT2D eigenvalue weighted by Gasteiger charge is -2.30. The van der Waals surface area contributed by atoms with Crippen LogP contribution in [0, 0.1) is 5.82 Å². The SMILES string of the molecule is CCNC(=S)N(CCc1ccccc1)[C@@H]1CC(=O)N(c2ccc(F)cc2)C1=O. The van der Waals surface area contributed by atoms with Crippen molar-refractivity contribution in [1.82, 2.24) is 10.2 Å². The number of nitrogens with zero attached hydrogens (tertiary/aromatic N) is 2. The van der Waals surface area contributed by atoms with E-state index in [9.17, 15) is 14.0 Å². The first-order valence-corrected chi connectivity index (χ1v) is 9.63. The topological polar surface area (TPSA) is 52.7 Å². The molecule has 2 amide bonds. The van der Waals surface area contributed by atoms with Gasteiger partial charge in [0.05, 0.1) is 12.1 Å². The number of hydrogen-bond acceptors (Lipinski definition) is 3. The number of amides is 2. The molecule has 0 radical (unpaired) electrons. The number of imide groups is 1. The summed E-state index contributed by atoms with van der Waals surface area (Å²) in [5.74, 6) is -1.08. The lowest BCUT2D eigenvalue weighted by Crippen LogP contribution is -2.50. The zero-order valence-corrected chi connectivity index (χ0v) is 16.4. The minimum absolute atomic E-state index is 0.0382. The van der Waals surface area contributed by atoms with Crippen molar-refractivity contribution in [1.29, 1.82) is 0 Å². The Morgan fingerprint density at radius 3 is 2.50 bits per heavy atom. The monoisotopic (exact) mass is 399 g/mol. The lowest BCUT2D eigenvalue weighted by molar-refractivity contribution is -0.122. The Morgan fingerprint density at radius 2 is 1.86 bits per heavy atom. The molecule has 1 fully saturated rings. The summed E-state index contributed by atoms with van der Waals surface area (Å²) < 4.78 is 13.2. The first kappa shape index (κ1) is 19.9. The van der Waals surface area contributed by atoms with E-state index in [1.54, 1.807) is 4.90 Å². The molecule has 0 aromatic heterocycles. The van der Waals surface area contributed by atoms with Crippen molar-refractivity contribution in [3.05, 3.63) is 66.0 Å². The Hall–Kier alpha value is -2.80. The van der Waals surface area contributed by atoms with Gasteiger partial charge in [0.2, 0.25) is 5.91 Å². The smallest absolute Gasteiger partial charge is 0.257 e. The molecular weight excluding hydrogens is 377 g/mol. The molecule has 1 atom stereocenters. The Bertz CT molecular complexity index is 858. The van der Waals surface area contributed by atoms with E-state index in [4.69, 9.17) is 12.2 Å². The van der Waals surface area contributed by atoms with Gasteiger partial charge in [0, 0.05) is 13.1 Å². The van der Waals surface area contributed by atoms with Gasteiger partial charge in [-0.25, -0.2) is 9.29 Å². The van der Waals surface area contributed by atoms with Crippen molar-refractivity contribution in [2.75, 3.05) is 18.0 Å². The summed E-state index contributed by atoms with van der Waals surface area (Å²) >= 11 is 5.47. The van der Waals surface area contributed by atoms with Crippen LogP contribution >= 0.6 is 12.2 Å². The number of nitrogens with one attached hydrogen (secondary N) is 1. The third-order valence-electron chi connectivity index (χ3n) is 4.66. The van der Waals surface area contributed by atoms with Gasteiger partial charge in [0.25, 0.3) is 5.91 Å². The van der Waals surface area contributed by atoms with E-state index in [2.05, 4.69) is 5.32 Å². The second-order valence-electron chi connectivity index (χ2n) is 6.53. The van der Waals surface area contributed by atoms with Gasteiger partial charge >= 0.3 is 0 Å². The summed E-state index contributed by atoms with van der Waals surface area (Å²) in [5.41, 5.74) is 1.50. The predicted molar refractivity (Wildman–Crippen MR) is 110 cm³/mol. The molecule has 0 unspecified atom stereocenters. The summed E-state index contributed by atoms with van der Waals surface area (Å²) in [5, 5.41) is 3.53. The molecule has 1 saturated heterocycles. The van der Waals surface area contributed by atoms with Crippen molar-refractivity contribution in [3.8, 4) is 0 Å². The summed E-state index contributed by atoms with van der Waals surface area (Å²) in [6, 6.07) is 14.6. The van der Waals surface area contributed by atoms with Gasteiger partial charge in [-0.05, 0) is 55.4 Å². The minimum Gasteiger partial charge on any atom is -0.363 e. The Balaban J connectivity index is 1.81. The highest BCUT2D eigenvalue weighted by molar-refractivity contribution is 7.80. The first-order chi connectivity index (χ1) is 13.5. The molecule has 1 heterocycles. The van der Waals surface area contributed by atoms with E-state index in [1.165, 1.54) is 24.3 Å². The van der Waals surface area contributed by atoms with E-state index in [1.807, 2.05) is 37.3 Å². The van der Waals surface area contributed by atoms with Crippen LogP contribution in [0.3, 0.4) is 0 Å². The lowest BCUT2D eigenvalue weighted by atomic mass is 10.1. The number of thiocarbonyl (C=S) groups is 1. The first-order valence-electron chi connectivity index (χ1n) is 9.22. The second-order valence-corrected chi connectivity index (χ2v) is 6.91. The van der Waals surface area contributed by atoms with E-state index in [-0.39, 0.29) is 18.2 Å². The molecule has 0 spiro atoms. The van der Waals surface area contributed by atoms with E-state index in [0.717, 1.165) is 10.5 Å². The molecule has 0 saturated carbocycles. The van der Waals surface area contributed by atoms with Crippen LogP contribution in [0.25, 0.3) is 0 Å². The normalized spacial score (nSPS) is 16.4. The molecule has 7 heteroatoms.